The van der Waals surface area contributed by atoms with Crippen molar-refractivity contribution in [2.24, 2.45) is 0 Å². The van der Waals surface area contributed by atoms with Crippen LogP contribution in [0.2, 0.25) is 0 Å². The van der Waals surface area contributed by atoms with E-state index in [0.29, 0.717) is 19.3 Å². The average Bonchev–Trinajstić information content (AvgIpc) is 3.29. The van der Waals surface area contributed by atoms with Crippen molar-refractivity contribution in [1.29, 1.82) is 0 Å². The molecule has 1 saturated heterocycles. The summed E-state index contributed by atoms with van der Waals surface area (Å²) in [6, 6.07) is 16.8. The number of carbonyl (C=O) groups excluding carboxylic acids is 1. The van der Waals surface area contributed by atoms with E-state index in [1.807, 2.05) is 24.3 Å². The Labute approximate surface area is 248 Å². The molecule has 0 unspecified atom stereocenters. The topological polar surface area (TPSA) is 57.2 Å². The monoisotopic (exact) mass is 575 g/mol. The highest BCUT2D eigenvalue weighted by molar-refractivity contribution is 5.85. The summed E-state index contributed by atoms with van der Waals surface area (Å²) in [5.74, 6) is 1.83. The molecule has 3 rings (SSSR count). The van der Waals surface area contributed by atoms with Gasteiger partial charge in [-0.2, -0.15) is 0 Å². The first-order chi connectivity index (χ1) is 19.1. The molecule has 2 aromatic carbocycles. The molecule has 7 heteroatoms. The molecule has 0 aliphatic carbocycles. The summed E-state index contributed by atoms with van der Waals surface area (Å²) in [7, 11) is 3.78. The van der Waals surface area contributed by atoms with Crippen LogP contribution in [0.4, 0.5) is 4.79 Å². The zero-order chi connectivity index (χ0) is 27.7. The van der Waals surface area contributed by atoms with Crippen molar-refractivity contribution in [2.45, 2.75) is 96.1 Å². The van der Waals surface area contributed by atoms with Crippen LogP contribution in [0, 0.1) is 0 Å². The van der Waals surface area contributed by atoms with Gasteiger partial charge in [-0.25, -0.2) is 4.79 Å². The molecular formula is C33H50ClNO5. The Hall–Kier alpha value is -2.44. The Morgan fingerprint density at radius 2 is 1.68 bits per heavy atom. The maximum atomic E-state index is 12.2. The minimum atomic E-state index is -0.529. The molecule has 0 aromatic heterocycles. The number of halogens is 1. The van der Waals surface area contributed by atoms with Gasteiger partial charge in [-0.3, -0.25) is 4.90 Å². The number of hydrogen-bond acceptors (Lipinski definition) is 6. The number of benzene rings is 2. The lowest BCUT2D eigenvalue weighted by Gasteiger charge is -2.19. The van der Waals surface area contributed by atoms with Gasteiger partial charge in [-0.1, -0.05) is 82.2 Å². The second-order valence-electron chi connectivity index (χ2n) is 10.7. The number of carbonyl (C=O) groups is 1. The average molecular weight is 576 g/mol. The molecular weight excluding hydrogens is 526 g/mol. The second kappa shape index (κ2) is 19.6. The summed E-state index contributed by atoms with van der Waals surface area (Å²) in [5.41, 5.74) is 2.46. The minimum Gasteiger partial charge on any atom is -0.497 e. The van der Waals surface area contributed by atoms with Crippen LogP contribution in [-0.2, 0) is 22.3 Å². The number of methoxy groups -OCH3 is 1. The zero-order valence-corrected chi connectivity index (χ0v) is 25.6. The number of likely N-dealkylation sites (tertiary alicyclic amines) is 1. The van der Waals surface area contributed by atoms with Crippen molar-refractivity contribution in [3.8, 4) is 11.5 Å². The third kappa shape index (κ3) is 12.4. The second-order valence-corrected chi connectivity index (χ2v) is 10.7. The highest BCUT2D eigenvalue weighted by Crippen LogP contribution is 2.25. The van der Waals surface area contributed by atoms with E-state index >= 15 is 0 Å². The lowest BCUT2D eigenvalue weighted by Crippen LogP contribution is -2.27. The van der Waals surface area contributed by atoms with Crippen LogP contribution in [0.15, 0.2) is 48.5 Å². The molecule has 1 fully saturated rings. The Morgan fingerprint density at radius 1 is 0.925 bits per heavy atom. The van der Waals surface area contributed by atoms with Gasteiger partial charge in [-0.05, 0) is 62.1 Å². The van der Waals surface area contributed by atoms with Crippen LogP contribution >= 0.6 is 12.4 Å². The van der Waals surface area contributed by atoms with Crippen LogP contribution < -0.4 is 9.47 Å². The maximum absolute atomic E-state index is 12.2. The van der Waals surface area contributed by atoms with Gasteiger partial charge in [0.2, 0.25) is 0 Å². The van der Waals surface area contributed by atoms with E-state index in [1.165, 1.54) is 49.7 Å². The summed E-state index contributed by atoms with van der Waals surface area (Å²) in [6.45, 7) is 4.04. The molecule has 0 amide bonds. The lowest BCUT2D eigenvalue weighted by atomic mass is 10.0. The molecule has 224 valence electrons. The Kier molecular flexibility index (Phi) is 16.5. The largest absolute Gasteiger partial charge is 0.508 e. The van der Waals surface area contributed by atoms with Gasteiger partial charge in [0.25, 0.3) is 0 Å². The molecule has 0 saturated carbocycles. The minimum absolute atomic E-state index is 0. The number of unbranched alkanes of at least 4 members (excludes halogenated alkanes) is 7. The first kappa shape index (κ1) is 33.8. The van der Waals surface area contributed by atoms with E-state index < -0.39 is 6.16 Å². The standard InChI is InChI=1S/C33H49NO5.ClH/c1-4-5-6-7-8-9-10-13-22-38-33(35)39-31-25-29(34(2)26-31)21-23-37-32-18-12-11-16-28(32)20-19-27-15-14-17-30(24-27)36-3;/h11-12,14-18,24,29,31H,4-10,13,19-23,25-26H2,1-3H3;1H/t29-,31-;/m1./s1. The van der Waals surface area contributed by atoms with Gasteiger partial charge in [-0.15, -0.1) is 12.4 Å². The van der Waals surface area contributed by atoms with Gasteiger partial charge in [0.15, 0.2) is 0 Å². The molecule has 1 aliphatic heterocycles. The van der Waals surface area contributed by atoms with E-state index in [9.17, 15) is 4.79 Å². The fraction of sp³-hybridized carbons (Fsp3) is 0.606. The molecule has 2 atom stereocenters. The van der Waals surface area contributed by atoms with Crippen molar-refractivity contribution >= 4 is 18.6 Å². The molecule has 1 aliphatic rings. The van der Waals surface area contributed by atoms with Gasteiger partial charge in [0, 0.05) is 19.0 Å². The van der Waals surface area contributed by atoms with Crippen LogP contribution in [0.25, 0.3) is 0 Å². The van der Waals surface area contributed by atoms with Gasteiger partial charge < -0.3 is 18.9 Å². The van der Waals surface area contributed by atoms with Gasteiger partial charge >= 0.3 is 6.16 Å². The smallest absolute Gasteiger partial charge is 0.497 e. The van der Waals surface area contributed by atoms with Crippen molar-refractivity contribution in [3.05, 3.63) is 59.7 Å². The molecule has 0 bridgehead atoms. The summed E-state index contributed by atoms with van der Waals surface area (Å²) in [6.07, 6.45) is 12.6. The van der Waals surface area contributed by atoms with Crippen molar-refractivity contribution in [1.82, 2.24) is 4.90 Å². The molecule has 0 spiro atoms. The van der Waals surface area contributed by atoms with Crippen molar-refractivity contribution < 1.29 is 23.7 Å². The normalized spacial score (nSPS) is 16.8. The summed E-state index contributed by atoms with van der Waals surface area (Å²) >= 11 is 0. The third-order valence-electron chi connectivity index (χ3n) is 7.63. The fourth-order valence-corrected chi connectivity index (χ4v) is 5.28. The molecule has 40 heavy (non-hydrogen) atoms. The Bertz CT molecular complexity index is 971. The number of para-hydroxylation sites is 1. The highest BCUT2D eigenvalue weighted by atomic mass is 35.5. The first-order valence-electron chi connectivity index (χ1n) is 15.0. The van der Waals surface area contributed by atoms with E-state index in [2.05, 4.69) is 43.1 Å². The summed E-state index contributed by atoms with van der Waals surface area (Å²) < 4.78 is 22.5. The predicted octanol–water partition coefficient (Wildman–Crippen LogP) is 8.04. The van der Waals surface area contributed by atoms with Crippen molar-refractivity contribution in [3.63, 3.8) is 0 Å². The fourth-order valence-electron chi connectivity index (χ4n) is 5.28. The number of aryl methyl sites for hydroxylation is 2. The van der Waals surface area contributed by atoms with Crippen LogP contribution in [-0.4, -0.2) is 57.1 Å². The Balaban J connectivity index is 0.00000560. The predicted molar refractivity (Wildman–Crippen MR) is 164 cm³/mol. The number of likely N-dealkylation sites (N-methyl/N-ethyl adjacent to an activating group) is 1. The molecule has 2 aromatic rings. The molecule has 6 nitrogen and oxygen atoms in total. The van der Waals surface area contributed by atoms with Gasteiger partial charge in [0.1, 0.15) is 17.6 Å². The van der Waals surface area contributed by atoms with E-state index in [0.717, 1.165) is 56.6 Å². The summed E-state index contributed by atoms with van der Waals surface area (Å²) in [5, 5.41) is 0. The van der Waals surface area contributed by atoms with Gasteiger partial charge in [0.05, 0.1) is 20.3 Å². The highest BCUT2D eigenvalue weighted by Gasteiger charge is 2.32. The molecule has 0 radical (unpaired) electrons. The van der Waals surface area contributed by atoms with E-state index in [1.54, 1.807) is 7.11 Å². The zero-order valence-electron chi connectivity index (χ0n) is 24.8. The first-order valence-corrected chi connectivity index (χ1v) is 15.0. The van der Waals surface area contributed by atoms with Crippen LogP contribution in [0.3, 0.4) is 0 Å². The number of hydrogen-bond donors (Lipinski definition) is 0. The lowest BCUT2D eigenvalue weighted by molar-refractivity contribution is 0.0261. The summed E-state index contributed by atoms with van der Waals surface area (Å²) in [4.78, 5) is 14.4. The SMILES string of the molecule is CCCCCCCCCCOC(=O)O[C@@H]1C[C@@H](CCOc2ccccc2CCc2cccc(OC)c2)N(C)C1.Cl. The van der Waals surface area contributed by atoms with Crippen LogP contribution in [0.1, 0.15) is 82.3 Å². The number of nitrogens with zero attached hydrogens (tertiary/aromatic N) is 1. The van der Waals surface area contributed by atoms with Crippen molar-refractivity contribution in [2.75, 3.05) is 33.9 Å². The molecule has 0 N–H and O–H groups in total. The van der Waals surface area contributed by atoms with E-state index in [-0.39, 0.29) is 18.5 Å². The van der Waals surface area contributed by atoms with E-state index in [4.69, 9.17) is 18.9 Å². The maximum Gasteiger partial charge on any atom is 0.508 e. The van der Waals surface area contributed by atoms with Crippen LogP contribution in [0.5, 0.6) is 11.5 Å². The Morgan fingerprint density at radius 3 is 2.45 bits per heavy atom. The number of ether oxygens (including phenoxy) is 4. The number of rotatable bonds is 18. The quantitative estimate of drug-likeness (QED) is 0.132. The third-order valence-corrected chi connectivity index (χ3v) is 7.63. The molecule has 1 heterocycles.